The van der Waals surface area contributed by atoms with E-state index in [2.05, 4.69) is 22.4 Å². The molecule has 0 bridgehead atoms. The van der Waals surface area contributed by atoms with Crippen molar-refractivity contribution in [1.82, 2.24) is 25.0 Å². The number of carbonyl (C=O) groups excluding carboxylic acids is 2. The summed E-state index contributed by atoms with van der Waals surface area (Å²) in [6.07, 6.45) is 0.0970. The van der Waals surface area contributed by atoms with Crippen molar-refractivity contribution >= 4 is 17.5 Å². The summed E-state index contributed by atoms with van der Waals surface area (Å²) in [5, 5.41) is 11.7. The number of fused-ring (bicyclic) bond motifs is 1. The average molecular weight is 567 g/mol. The van der Waals surface area contributed by atoms with Crippen molar-refractivity contribution in [2.45, 2.75) is 63.8 Å². The molecule has 2 aliphatic heterocycles. The summed E-state index contributed by atoms with van der Waals surface area (Å²) in [5.41, 5.74) is 1.12. The van der Waals surface area contributed by atoms with Crippen molar-refractivity contribution < 1.29 is 22.8 Å². The molecule has 3 heterocycles. The highest BCUT2D eigenvalue weighted by Crippen LogP contribution is 2.42. The molecular weight excluding hydrogens is 533 g/mol. The maximum atomic E-state index is 14.2. The maximum absolute atomic E-state index is 14.2. The number of hydrogen-bond donors (Lipinski definition) is 1. The van der Waals surface area contributed by atoms with E-state index < -0.39 is 17.6 Å². The summed E-state index contributed by atoms with van der Waals surface area (Å²) >= 11 is 0. The number of rotatable bonds is 7. The molecule has 2 aromatic carbocycles. The third-order valence-corrected chi connectivity index (χ3v) is 8.98. The van der Waals surface area contributed by atoms with Gasteiger partial charge in [0.1, 0.15) is 12.2 Å². The van der Waals surface area contributed by atoms with Gasteiger partial charge in [-0.05, 0) is 67.1 Å². The van der Waals surface area contributed by atoms with Crippen LogP contribution >= 0.6 is 0 Å². The Balaban J connectivity index is 1.32. The number of nitrogens with zero attached hydrogens (tertiary/aromatic N) is 5. The first-order valence-corrected chi connectivity index (χ1v) is 13.9. The van der Waals surface area contributed by atoms with Gasteiger partial charge in [0.25, 0.3) is 5.91 Å². The second-order valence-corrected chi connectivity index (χ2v) is 11.9. The molecule has 1 aliphatic carbocycles. The lowest BCUT2D eigenvalue weighted by atomic mass is 9.78. The summed E-state index contributed by atoms with van der Waals surface area (Å²) in [6.45, 7) is 4.85. The molecule has 3 aromatic rings. The van der Waals surface area contributed by atoms with E-state index in [9.17, 15) is 22.8 Å². The molecule has 1 atom stereocenters. The van der Waals surface area contributed by atoms with Crippen LogP contribution in [0.15, 0.2) is 42.7 Å². The summed E-state index contributed by atoms with van der Waals surface area (Å²) in [5.74, 6) is 0.176. The van der Waals surface area contributed by atoms with Gasteiger partial charge in [-0.2, -0.15) is 13.2 Å². The van der Waals surface area contributed by atoms with Crippen molar-refractivity contribution in [3.8, 4) is 0 Å². The number of nitrogens with one attached hydrogen (secondary N) is 1. The van der Waals surface area contributed by atoms with Crippen LogP contribution in [-0.2, 0) is 31.1 Å². The molecule has 0 radical (unpaired) electrons. The Bertz CT molecular complexity index is 1510. The van der Waals surface area contributed by atoms with Crippen molar-refractivity contribution in [2.75, 3.05) is 18.0 Å². The van der Waals surface area contributed by atoms with Gasteiger partial charge in [0.05, 0.1) is 18.0 Å². The Morgan fingerprint density at radius 1 is 1.20 bits per heavy atom. The third kappa shape index (κ3) is 5.00. The van der Waals surface area contributed by atoms with Crippen LogP contribution in [0.3, 0.4) is 0 Å². The zero-order chi connectivity index (χ0) is 29.1. The highest BCUT2D eigenvalue weighted by Gasteiger charge is 2.42. The average Bonchev–Trinajstić information content (AvgIpc) is 3.45. The van der Waals surface area contributed by atoms with Gasteiger partial charge in [-0.25, -0.2) is 0 Å². The van der Waals surface area contributed by atoms with E-state index in [-0.39, 0.29) is 47.5 Å². The molecule has 3 aliphatic rings. The Morgan fingerprint density at radius 3 is 2.56 bits per heavy atom. The Morgan fingerprint density at radius 2 is 1.95 bits per heavy atom. The molecule has 8 nitrogen and oxygen atoms in total. The number of likely N-dealkylation sites (tertiary alicyclic amines) is 1. The molecule has 11 heteroatoms. The lowest BCUT2D eigenvalue weighted by Gasteiger charge is -2.42. The van der Waals surface area contributed by atoms with Crippen LogP contribution in [-0.4, -0.2) is 50.1 Å². The first-order valence-electron chi connectivity index (χ1n) is 13.9. The number of anilines is 1. The summed E-state index contributed by atoms with van der Waals surface area (Å²) in [4.78, 5) is 28.7. The zero-order valence-electron chi connectivity index (χ0n) is 23.3. The largest absolute Gasteiger partial charge is 0.416 e. The van der Waals surface area contributed by atoms with Gasteiger partial charge < -0.3 is 19.7 Å². The van der Waals surface area contributed by atoms with Crippen LogP contribution in [0.2, 0.25) is 0 Å². The minimum atomic E-state index is -4.58. The second-order valence-electron chi connectivity index (χ2n) is 11.9. The molecule has 1 saturated carbocycles. The number of hydrogen-bond acceptors (Lipinski definition) is 5. The lowest BCUT2D eigenvalue weighted by Crippen LogP contribution is -2.51. The van der Waals surface area contributed by atoms with Crippen LogP contribution in [0.4, 0.5) is 18.9 Å². The minimum Gasteiger partial charge on any atom is -0.342 e. The fourth-order valence-electron chi connectivity index (χ4n) is 6.30. The zero-order valence-corrected chi connectivity index (χ0v) is 23.3. The molecule has 1 saturated heterocycles. The van der Waals surface area contributed by atoms with Gasteiger partial charge in [-0.3, -0.25) is 9.59 Å². The van der Waals surface area contributed by atoms with Gasteiger partial charge in [0.15, 0.2) is 0 Å². The van der Waals surface area contributed by atoms with Crippen LogP contribution in [0.25, 0.3) is 0 Å². The molecule has 2 amide bonds. The van der Waals surface area contributed by atoms with Crippen molar-refractivity contribution in [3.05, 3.63) is 76.4 Å². The van der Waals surface area contributed by atoms with E-state index in [4.69, 9.17) is 0 Å². The Hall–Kier alpha value is -3.73. The molecule has 6 rings (SSSR count). The number of aromatic nitrogens is 3. The summed E-state index contributed by atoms with van der Waals surface area (Å²) in [6, 6.07) is 10.1. The Kier molecular flexibility index (Phi) is 6.67. The van der Waals surface area contributed by atoms with E-state index >= 15 is 0 Å². The summed E-state index contributed by atoms with van der Waals surface area (Å²) < 4.78 is 44.5. The van der Waals surface area contributed by atoms with Gasteiger partial charge in [0, 0.05) is 56.3 Å². The van der Waals surface area contributed by atoms with E-state index in [0.717, 1.165) is 30.7 Å². The molecule has 41 heavy (non-hydrogen) atoms. The minimum absolute atomic E-state index is 0.00368. The molecule has 1 N–H and O–H groups in total. The number of benzene rings is 2. The normalized spacial score (nSPS) is 19.1. The van der Waals surface area contributed by atoms with E-state index in [1.54, 1.807) is 23.4 Å². The van der Waals surface area contributed by atoms with Crippen LogP contribution in [0.5, 0.6) is 0 Å². The number of alkyl halides is 3. The molecule has 1 aromatic heterocycles. The first-order chi connectivity index (χ1) is 19.4. The Labute approximate surface area is 236 Å². The van der Waals surface area contributed by atoms with Crippen LogP contribution in [0, 0.1) is 5.92 Å². The predicted molar refractivity (Wildman–Crippen MR) is 146 cm³/mol. The molecule has 0 spiro atoms. The predicted octanol–water partition coefficient (Wildman–Crippen LogP) is 4.64. The maximum Gasteiger partial charge on any atom is 0.416 e. The monoisotopic (exact) mass is 566 g/mol. The molecular formula is C30H33F3N6O2. The van der Waals surface area contributed by atoms with Gasteiger partial charge in [-0.15, -0.1) is 10.2 Å². The molecule has 216 valence electrons. The summed E-state index contributed by atoms with van der Waals surface area (Å²) in [7, 11) is 1.85. The van der Waals surface area contributed by atoms with Crippen LogP contribution < -0.4 is 10.2 Å². The van der Waals surface area contributed by atoms with Crippen molar-refractivity contribution in [1.29, 1.82) is 0 Å². The quantitative estimate of drug-likeness (QED) is 0.451. The highest BCUT2D eigenvalue weighted by atomic mass is 19.4. The SMILES string of the molecule is CC(=O)N1CC([C@@H](c2cccc(N3Cc4c(cc(CNC5(C)CCC5)cc4C(F)(F)F)C3=O)c2)c2nncn2C)C1. The molecule has 2 fully saturated rings. The van der Waals surface area contributed by atoms with E-state index in [1.807, 2.05) is 29.8 Å². The van der Waals surface area contributed by atoms with Gasteiger partial charge in [-0.1, -0.05) is 12.1 Å². The number of aryl methyl sites for hydroxylation is 1. The topological polar surface area (TPSA) is 83.4 Å². The second kappa shape index (κ2) is 9.97. The standard InChI is InChI=1S/C30H33F3N6O2/c1-18(40)38-14-21(15-38)26(27-36-35-17-37(27)3)20-6-4-7-22(12-20)39-16-24-23(28(39)41)10-19(11-25(24)30(31,32)33)13-34-29(2)8-5-9-29/h4,6-7,10-12,17,21,26,34H,5,8-9,13-16H2,1-3H3/t26-/m1/s1. The molecule has 0 unspecified atom stereocenters. The van der Waals surface area contributed by atoms with Crippen molar-refractivity contribution in [3.63, 3.8) is 0 Å². The number of halogens is 3. The van der Waals surface area contributed by atoms with Gasteiger partial charge in [0.2, 0.25) is 5.91 Å². The highest BCUT2D eigenvalue weighted by molar-refractivity contribution is 6.10. The van der Waals surface area contributed by atoms with E-state index in [0.29, 0.717) is 24.3 Å². The van der Waals surface area contributed by atoms with E-state index in [1.165, 1.54) is 17.9 Å². The van der Waals surface area contributed by atoms with Crippen molar-refractivity contribution in [2.24, 2.45) is 13.0 Å². The smallest absolute Gasteiger partial charge is 0.342 e. The van der Waals surface area contributed by atoms with Gasteiger partial charge >= 0.3 is 6.18 Å². The fourth-order valence-corrected chi connectivity index (χ4v) is 6.30. The lowest BCUT2D eigenvalue weighted by molar-refractivity contribution is -0.138. The third-order valence-electron chi connectivity index (χ3n) is 8.98. The first kappa shape index (κ1) is 27.4. The number of amides is 2. The number of carbonyl (C=O) groups is 2. The van der Waals surface area contributed by atoms with Crippen LogP contribution in [0.1, 0.15) is 77.5 Å². The fraction of sp³-hybridized carbons (Fsp3) is 0.467.